The lowest BCUT2D eigenvalue weighted by atomic mass is 10.00. The van der Waals surface area contributed by atoms with E-state index in [0.717, 1.165) is 12.8 Å². The summed E-state index contributed by atoms with van der Waals surface area (Å²) in [4.78, 5) is 0. The Morgan fingerprint density at radius 1 is 1.33 bits per heavy atom. The van der Waals surface area contributed by atoms with Gasteiger partial charge in [-0.25, -0.2) is 0 Å². The van der Waals surface area contributed by atoms with Crippen LogP contribution < -0.4 is 5.32 Å². The van der Waals surface area contributed by atoms with Crippen LogP contribution in [0, 0.1) is 0 Å². The topological polar surface area (TPSA) is 12.0 Å². The Bertz CT molecular complexity index is 414. The molecule has 0 aromatic heterocycles. The molecule has 0 unspecified atom stereocenters. The van der Waals surface area contributed by atoms with Crippen molar-refractivity contribution in [2.45, 2.75) is 41.0 Å². The fourth-order valence-corrected chi connectivity index (χ4v) is 1.86. The Hall–Kier alpha value is -1.50. The molecule has 0 aliphatic carbocycles. The third-order valence-electron chi connectivity index (χ3n) is 2.93. The summed E-state index contributed by atoms with van der Waals surface area (Å²) >= 11 is 0. The van der Waals surface area contributed by atoms with Gasteiger partial charge in [-0.3, -0.25) is 0 Å². The summed E-state index contributed by atoms with van der Waals surface area (Å²) in [6.07, 6.45) is 8.65. The first kappa shape index (κ1) is 16.5. The fraction of sp³-hybridized carbons (Fsp3) is 0.412. The molecule has 0 heterocycles. The zero-order valence-electron chi connectivity index (χ0n) is 11.4. The minimum Gasteiger partial charge on any atom is -0.387 e. The highest BCUT2D eigenvalue weighted by Gasteiger charge is 2.04. The molecule has 0 atom stereocenters. The minimum absolute atomic E-state index is 0. The van der Waals surface area contributed by atoms with Gasteiger partial charge in [-0.2, -0.15) is 0 Å². The van der Waals surface area contributed by atoms with Crippen molar-refractivity contribution in [2.24, 2.45) is 0 Å². The van der Waals surface area contributed by atoms with Gasteiger partial charge in [0.05, 0.1) is 0 Å². The van der Waals surface area contributed by atoms with Gasteiger partial charge >= 0.3 is 0 Å². The Kier molecular flexibility index (Phi) is 7.86. The molecule has 0 fully saturated rings. The van der Waals surface area contributed by atoms with Crippen molar-refractivity contribution >= 4 is 11.8 Å². The average molecular weight is 245 g/mol. The quantitative estimate of drug-likeness (QED) is 0.694. The van der Waals surface area contributed by atoms with Crippen LogP contribution in [0.2, 0.25) is 0 Å². The summed E-state index contributed by atoms with van der Waals surface area (Å²) in [5, 5.41) is 3.32. The molecule has 1 aromatic rings. The van der Waals surface area contributed by atoms with Crippen LogP contribution in [-0.2, 0) is 6.42 Å². The molecular formula is C17H27N. The maximum Gasteiger partial charge on any atom is 0.0446 e. The molecule has 1 heteroatoms. The number of rotatable bonds is 5. The van der Waals surface area contributed by atoms with Crippen molar-refractivity contribution in [3.8, 4) is 0 Å². The van der Waals surface area contributed by atoms with E-state index in [4.69, 9.17) is 0 Å². The second-order valence-corrected chi connectivity index (χ2v) is 4.25. The molecule has 0 bridgehead atoms. The Balaban J connectivity index is 0.00000289. The van der Waals surface area contributed by atoms with Crippen molar-refractivity contribution < 1.29 is 0 Å². The maximum atomic E-state index is 3.32. The predicted octanol–water partition coefficient (Wildman–Crippen LogP) is 5.30. The van der Waals surface area contributed by atoms with E-state index in [1.807, 2.05) is 7.05 Å². The van der Waals surface area contributed by atoms with Crippen LogP contribution in [0.15, 0.2) is 35.9 Å². The third kappa shape index (κ3) is 4.40. The Morgan fingerprint density at radius 2 is 2.06 bits per heavy atom. The van der Waals surface area contributed by atoms with Crippen molar-refractivity contribution in [3.05, 3.63) is 47.1 Å². The van der Waals surface area contributed by atoms with E-state index in [9.17, 15) is 0 Å². The molecule has 18 heavy (non-hydrogen) atoms. The number of allylic oxidation sites excluding steroid dienone is 3. The summed E-state index contributed by atoms with van der Waals surface area (Å²) in [5.74, 6) is 0. The van der Waals surface area contributed by atoms with Crippen LogP contribution in [0.5, 0.6) is 0 Å². The van der Waals surface area contributed by atoms with Gasteiger partial charge in [-0.1, -0.05) is 56.4 Å². The van der Waals surface area contributed by atoms with E-state index in [2.05, 4.69) is 62.5 Å². The van der Waals surface area contributed by atoms with E-state index < -0.39 is 0 Å². The Morgan fingerprint density at radius 3 is 2.61 bits per heavy atom. The second kappa shape index (κ2) is 8.57. The largest absolute Gasteiger partial charge is 0.387 e. The Labute approximate surface area is 113 Å². The predicted molar refractivity (Wildman–Crippen MR) is 85.2 cm³/mol. The van der Waals surface area contributed by atoms with Crippen LogP contribution in [0.4, 0.5) is 5.69 Å². The summed E-state index contributed by atoms with van der Waals surface area (Å²) in [6.45, 7) is 6.42. The third-order valence-corrected chi connectivity index (χ3v) is 2.93. The number of para-hydroxylation sites is 1. The zero-order valence-corrected chi connectivity index (χ0v) is 11.4. The first-order valence-electron chi connectivity index (χ1n) is 6.30. The van der Waals surface area contributed by atoms with E-state index in [1.165, 1.54) is 22.4 Å². The van der Waals surface area contributed by atoms with Crippen molar-refractivity contribution in [1.82, 2.24) is 0 Å². The summed E-state index contributed by atoms with van der Waals surface area (Å²) < 4.78 is 0. The number of nitrogens with one attached hydrogen (secondary N) is 1. The smallest absolute Gasteiger partial charge is 0.0446 e. The maximum absolute atomic E-state index is 3.32. The summed E-state index contributed by atoms with van der Waals surface area (Å²) in [7, 11) is 1.99. The molecule has 1 N–H and O–H groups in total. The van der Waals surface area contributed by atoms with Crippen LogP contribution >= 0.6 is 0 Å². The molecule has 1 rings (SSSR count). The molecule has 1 aromatic carbocycles. The number of anilines is 1. The monoisotopic (exact) mass is 245 g/mol. The van der Waals surface area contributed by atoms with Gasteiger partial charge in [0.2, 0.25) is 0 Å². The highest BCUT2D eigenvalue weighted by atomic mass is 14.8. The first-order valence-corrected chi connectivity index (χ1v) is 6.30. The second-order valence-electron chi connectivity index (χ2n) is 4.25. The molecule has 0 amide bonds. The van der Waals surface area contributed by atoms with E-state index >= 15 is 0 Å². The lowest BCUT2D eigenvalue weighted by Gasteiger charge is -2.12. The standard InChI is InChI=1S/C16H23N.CH4/c1-5-7-9-14-10-8-11-15(16(14)17-4)12-13(3)6-2;/h6-11,17H,5,12H2,1-4H3;1H4/b9-7-,13-6+;. The van der Waals surface area contributed by atoms with Crippen molar-refractivity contribution in [3.63, 3.8) is 0 Å². The molecule has 0 aliphatic rings. The van der Waals surface area contributed by atoms with E-state index in [1.54, 1.807) is 0 Å². The van der Waals surface area contributed by atoms with Crippen molar-refractivity contribution in [1.29, 1.82) is 0 Å². The zero-order chi connectivity index (χ0) is 12.7. The molecule has 0 saturated heterocycles. The normalized spacial score (nSPS) is 11.4. The lowest BCUT2D eigenvalue weighted by Crippen LogP contribution is -1.99. The SMILES string of the molecule is C.C/C=C(\C)Cc1cccc(/C=C\CC)c1NC. The fourth-order valence-electron chi connectivity index (χ4n) is 1.86. The van der Waals surface area contributed by atoms with Gasteiger partial charge in [0.25, 0.3) is 0 Å². The number of hydrogen-bond acceptors (Lipinski definition) is 1. The van der Waals surface area contributed by atoms with Crippen LogP contribution in [0.1, 0.15) is 45.7 Å². The highest BCUT2D eigenvalue weighted by molar-refractivity contribution is 5.70. The van der Waals surface area contributed by atoms with E-state index in [0.29, 0.717) is 0 Å². The van der Waals surface area contributed by atoms with Gasteiger partial charge in [-0.15, -0.1) is 0 Å². The van der Waals surface area contributed by atoms with Gasteiger partial charge < -0.3 is 5.32 Å². The number of hydrogen-bond donors (Lipinski definition) is 1. The average Bonchev–Trinajstić information content (AvgIpc) is 2.36. The van der Waals surface area contributed by atoms with Gasteiger partial charge in [-0.05, 0) is 37.8 Å². The molecule has 0 radical (unpaired) electrons. The number of benzene rings is 1. The summed E-state index contributed by atoms with van der Waals surface area (Å²) in [5.41, 5.74) is 5.29. The van der Waals surface area contributed by atoms with E-state index in [-0.39, 0.29) is 7.43 Å². The highest BCUT2D eigenvalue weighted by Crippen LogP contribution is 2.24. The van der Waals surface area contributed by atoms with Crippen LogP contribution in [-0.4, -0.2) is 7.05 Å². The molecule has 0 saturated carbocycles. The molecule has 0 spiro atoms. The van der Waals surface area contributed by atoms with Crippen molar-refractivity contribution in [2.75, 3.05) is 12.4 Å². The lowest BCUT2D eigenvalue weighted by molar-refractivity contribution is 1.13. The molecule has 100 valence electrons. The van der Waals surface area contributed by atoms with Gasteiger partial charge in [0, 0.05) is 12.7 Å². The van der Waals surface area contributed by atoms with Gasteiger partial charge in [0.1, 0.15) is 0 Å². The molecular weight excluding hydrogens is 218 g/mol. The minimum atomic E-state index is 0. The van der Waals surface area contributed by atoms with Gasteiger partial charge in [0.15, 0.2) is 0 Å². The summed E-state index contributed by atoms with van der Waals surface area (Å²) in [6, 6.07) is 6.49. The van der Waals surface area contributed by atoms with Crippen LogP contribution in [0.3, 0.4) is 0 Å². The molecule has 1 nitrogen and oxygen atoms in total. The molecule has 0 aliphatic heterocycles. The van der Waals surface area contributed by atoms with Crippen LogP contribution in [0.25, 0.3) is 6.08 Å². The first-order chi connectivity index (χ1) is 8.22.